The molecule has 5 heteroatoms. The Labute approximate surface area is 154 Å². The Morgan fingerprint density at radius 2 is 1.73 bits per heavy atom. The van der Waals surface area contributed by atoms with Crippen molar-refractivity contribution in [2.75, 3.05) is 32.8 Å². The average molecular weight is 360 g/mol. The summed E-state index contributed by atoms with van der Waals surface area (Å²) < 4.78 is 33.2. The Kier molecular flexibility index (Phi) is 6.72. The van der Waals surface area contributed by atoms with E-state index in [4.69, 9.17) is 4.74 Å². The van der Waals surface area contributed by atoms with Crippen LogP contribution in [-0.2, 0) is 17.8 Å². The number of hydrogen-bond acceptors (Lipinski definition) is 3. The van der Waals surface area contributed by atoms with E-state index >= 15 is 0 Å². The minimum atomic E-state index is -0.789. The molecular weight excluding hydrogens is 334 g/mol. The molecule has 1 aliphatic rings. The van der Waals surface area contributed by atoms with Gasteiger partial charge in [0.25, 0.3) is 0 Å². The summed E-state index contributed by atoms with van der Waals surface area (Å²) in [5, 5.41) is 0. The molecule has 0 radical (unpaired) electrons. The first-order valence-corrected chi connectivity index (χ1v) is 9.14. The summed E-state index contributed by atoms with van der Waals surface area (Å²) in [4.78, 5) is 4.58. The summed E-state index contributed by atoms with van der Waals surface area (Å²) in [6.07, 6.45) is 0. The molecule has 0 amide bonds. The molecule has 1 fully saturated rings. The third-order valence-corrected chi connectivity index (χ3v) is 4.88. The Hall–Kier alpha value is -1.82. The number of nitrogens with zero attached hydrogens (tertiary/aromatic N) is 2. The topological polar surface area (TPSA) is 15.7 Å². The second-order valence-corrected chi connectivity index (χ2v) is 6.87. The molecule has 1 aliphatic heterocycles. The van der Waals surface area contributed by atoms with E-state index in [9.17, 15) is 8.78 Å². The minimum absolute atomic E-state index is 0.205. The Morgan fingerprint density at radius 1 is 1.00 bits per heavy atom. The average Bonchev–Trinajstić information content (AvgIpc) is 2.66. The zero-order valence-electron chi connectivity index (χ0n) is 15.2. The van der Waals surface area contributed by atoms with Crippen molar-refractivity contribution in [2.45, 2.75) is 26.1 Å². The molecule has 0 aromatic heterocycles. The van der Waals surface area contributed by atoms with Gasteiger partial charge in [0, 0.05) is 44.3 Å². The summed E-state index contributed by atoms with van der Waals surface area (Å²) in [7, 11) is 0. The van der Waals surface area contributed by atoms with Crippen LogP contribution in [0.2, 0.25) is 0 Å². The van der Waals surface area contributed by atoms with Gasteiger partial charge in [-0.25, -0.2) is 8.78 Å². The lowest BCUT2D eigenvalue weighted by Gasteiger charge is -2.35. The fourth-order valence-electron chi connectivity index (χ4n) is 3.35. The molecule has 2 aromatic carbocycles. The van der Waals surface area contributed by atoms with Crippen molar-refractivity contribution in [3.63, 3.8) is 0 Å². The lowest BCUT2D eigenvalue weighted by molar-refractivity contribution is 0.0224. The van der Waals surface area contributed by atoms with Gasteiger partial charge in [0.05, 0.1) is 13.2 Å². The normalized spacial score (nSPS) is 16.8. The Balaban J connectivity index is 1.75. The molecule has 1 atom stereocenters. The van der Waals surface area contributed by atoms with Gasteiger partial charge < -0.3 is 4.74 Å². The van der Waals surface area contributed by atoms with E-state index in [1.807, 2.05) is 18.2 Å². The highest BCUT2D eigenvalue weighted by molar-refractivity contribution is 5.20. The monoisotopic (exact) mass is 360 g/mol. The number of rotatable bonds is 7. The quantitative estimate of drug-likeness (QED) is 0.749. The van der Waals surface area contributed by atoms with Crippen LogP contribution in [0.15, 0.2) is 48.5 Å². The minimum Gasteiger partial charge on any atom is -0.379 e. The van der Waals surface area contributed by atoms with Crippen LogP contribution in [-0.4, -0.2) is 48.7 Å². The van der Waals surface area contributed by atoms with Gasteiger partial charge in [-0.3, -0.25) is 9.80 Å². The number of benzene rings is 2. The SMILES string of the molecule is CC(CN1CCOCC1)N(Cc1ccccc1)Cc1cccc(F)c1F. The molecule has 3 rings (SSSR count). The van der Waals surface area contributed by atoms with Gasteiger partial charge in [0.2, 0.25) is 0 Å². The zero-order chi connectivity index (χ0) is 18.4. The Morgan fingerprint density at radius 3 is 2.46 bits per heavy atom. The van der Waals surface area contributed by atoms with Crippen molar-refractivity contribution in [1.29, 1.82) is 0 Å². The molecule has 2 aromatic rings. The summed E-state index contributed by atoms with van der Waals surface area (Å²) in [5.74, 6) is -1.54. The second-order valence-electron chi connectivity index (χ2n) is 6.87. The van der Waals surface area contributed by atoms with Gasteiger partial charge in [0.15, 0.2) is 11.6 Å². The first kappa shape index (κ1) is 19.0. The summed E-state index contributed by atoms with van der Waals surface area (Å²) in [6.45, 7) is 7.44. The van der Waals surface area contributed by atoms with Gasteiger partial charge in [-0.15, -0.1) is 0 Å². The number of morpholine rings is 1. The number of halogens is 2. The van der Waals surface area contributed by atoms with Crippen LogP contribution in [0.4, 0.5) is 8.78 Å². The molecule has 0 N–H and O–H groups in total. The van der Waals surface area contributed by atoms with Gasteiger partial charge in [-0.2, -0.15) is 0 Å². The van der Waals surface area contributed by atoms with E-state index in [-0.39, 0.29) is 6.04 Å². The maximum atomic E-state index is 14.2. The zero-order valence-corrected chi connectivity index (χ0v) is 15.2. The van der Waals surface area contributed by atoms with E-state index in [1.54, 1.807) is 12.1 Å². The first-order valence-electron chi connectivity index (χ1n) is 9.14. The molecule has 0 saturated carbocycles. The van der Waals surface area contributed by atoms with Crippen molar-refractivity contribution in [3.05, 3.63) is 71.3 Å². The van der Waals surface area contributed by atoms with E-state index in [2.05, 4.69) is 28.9 Å². The molecule has 1 unspecified atom stereocenters. The van der Waals surface area contributed by atoms with Gasteiger partial charge >= 0.3 is 0 Å². The smallest absolute Gasteiger partial charge is 0.163 e. The molecule has 1 heterocycles. The fraction of sp³-hybridized carbons (Fsp3) is 0.429. The van der Waals surface area contributed by atoms with Crippen molar-refractivity contribution in [1.82, 2.24) is 9.80 Å². The maximum absolute atomic E-state index is 14.2. The fourth-order valence-corrected chi connectivity index (χ4v) is 3.35. The molecule has 0 spiro atoms. The van der Waals surface area contributed by atoms with Gasteiger partial charge in [-0.05, 0) is 18.6 Å². The van der Waals surface area contributed by atoms with Crippen LogP contribution >= 0.6 is 0 Å². The highest BCUT2D eigenvalue weighted by Gasteiger charge is 2.21. The molecule has 140 valence electrons. The molecular formula is C21H26F2N2O. The van der Waals surface area contributed by atoms with Crippen molar-refractivity contribution < 1.29 is 13.5 Å². The predicted octanol–water partition coefficient (Wildman–Crippen LogP) is 3.69. The van der Waals surface area contributed by atoms with Crippen LogP contribution < -0.4 is 0 Å². The van der Waals surface area contributed by atoms with Crippen molar-refractivity contribution in [3.8, 4) is 0 Å². The van der Waals surface area contributed by atoms with Crippen LogP contribution in [0.25, 0.3) is 0 Å². The lowest BCUT2D eigenvalue weighted by atomic mass is 10.1. The highest BCUT2D eigenvalue weighted by Crippen LogP contribution is 2.18. The van der Waals surface area contributed by atoms with Crippen molar-refractivity contribution in [2.24, 2.45) is 0 Å². The van der Waals surface area contributed by atoms with Crippen LogP contribution in [0, 0.1) is 11.6 Å². The highest BCUT2D eigenvalue weighted by atomic mass is 19.2. The van der Waals surface area contributed by atoms with Crippen LogP contribution in [0.3, 0.4) is 0 Å². The van der Waals surface area contributed by atoms with Gasteiger partial charge in [0.1, 0.15) is 0 Å². The largest absolute Gasteiger partial charge is 0.379 e. The van der Waals surface area contributed by atoms with Crippen LogP contribution in [0.1, 0.15) is 18.1 Å². The molecule has 0 bridgehead atoms. The lowest BCUT2D eigenvalue weighted by Crippen LogP contribution is -2.45. The third kappa shape index (κ3) is 5.10. The molecule has 26 heavy (non-hydrogen) atoms. The Bertz CT molecular complexity index is 690. The first-order chi connectivity index (χ1) is 12.6. The van der Waals surface area contributed by atoms with Gasteiger partial charge in [-0.1, -0.05) is 42.5 Å². The van der Waals surface area contributed by atoms with Crippen molar-refractivity contribution >= 4 is 0 Å². The third-order valence-electron chi connectivity index (χ3n) is 4.88. The summed E-state index contributed by atoms with van der Waals surface area (Å²) in [6, 6.07) is 14.7. The molecule has 3 nitrogen and oxygen atoms in total. The van der Waals surface area contributed by atoms with E-state index < -0.39 is 11.6 Å². The summed E-state index contributed by atoms with van der Waals surface area (Å²) >= 11 is 0. The summed E-state index contributed by atoms with van der Waals surface area (Å²) in [5.41, 5.74) is 1.56. The maximum Gasteiger partial charge on any atom is 0.163 e. The van der Waals surface area contributed by atoms with E-state index in [0.29, 0.717) is 18.7 Å². The number of hydrogen-bond donors (Lipinski definition) is 0. The van der Waals surface area contributed by atoms with E-state index in [0.717, 1.165) is 44.5 Å². The second kappa shape index (κ2) is 9.21. The standard InChI is InChI=1S/C21H26F2N2O/c1-17(14-24-10-12-26-13-11-24)25(15-18-6-3-2-4-7-18)16-19-8-5-9-20(22)21(19)23/h2-9,17H,10-16H2,1H3. The predicted molar refractivity (Wildman–Crippen MR) is 98.8 cm³/mol. The van der Waals surface area contributed by atoms with Crippen LogP contribution in [0.5, 0.6) is 0 Å². The molecule has 0 aliphatic carbocycles. The number of ether oxygens (including phenoxy) is 1. The van der Waals surface area contributed by atoms with E-state index in [1.165, 1.54) is 0 Å². The molecule has 1 saturated heterocycles.